The van der Waals surface area contributed by atoms with E-state index < -0.39 is 16.1 Å². The van der Waals surface area contributed by atoms with Gasteiger partial charge in [0, 0.05) is 6.54 Å². The zero-order valence-electron chi connectivity index (χ0n) is 13.2. The molecule has 1 fully saturated rings. The van der Waals surface area contributed by atoms with Gasteiger partial charge in [0.2, 0.25) is 10.0 Å². The summed E-state index contributed by atoms with van der Waals surface area (Å²) in [6.07, 6.45) is 4.78. The van der Waals surface area contributed by atoms with E-state index in [4.69, 9.17) is 4.74 Å². The summed E-state index contributed by atoms with van der Waals surface area (Å²) >= 11 is 0. The Morgan fingerprint density at radius 3 is 2.59 bits per heavy atom. The molecule has 2 N–H and O–H groups in total. The van der Waals surface area contributed by atoms with Crippen LogP contribution in [0.15, 0.2) is 23.1 Å². The van der Waals surface area contributed by atoms with Gasteiger partial charge >= 0.3 is 0 Å². The van der Waals surface area contributed by atoms with E-state index >= 15 is 0 Å². The van der Waals surface area contributed by atoms with Crippen molar-refractivity contribution in [1.29, 1.82) is 0 Å². The second-order valence-corrected chi connectivity index (χ2v) is 7.68. The van der Waals surface area contributed by atoms with Crippen LogP contribution in [0.2, 0.25) is 0 Å². The first-order valence-corrected chi connectivity index (χ1v) is 9.24. The number of aryl methyl sites for hydroxylation is 1. The highest BCUT2D eigenvalue weighted by molar-refractivity contribution is 7.89. The Balaban J connectivity index is 2.01. The molecule has 22 heavy (non-hydrogen) atoms. The average Bonchev–Trinajstić information content (AvgIpc) is 2.53. The highest BCUT2D eigenvalue weighted by Gasteiger charge is 2.24. The lowest BCUT2D eigenvalue weighted by molar-refractivity contribution is 0.0888. The van der Waals surface area contributed by atoms with Gasteiger partial charge in [0.25, 0.3) is 0 Å². The molecule has 1 aromatic carbocycles. The summed E-state index contributed by atoms with van der Waals surface area (Å²) < 4.78 is 32.4. The number of hydrogen-bond donors (Lipinski definition) is 2. The van der Waals surface area contributed by atoms with Crippen molar-refractivity contribution in [2.75, 3.05) is 13.7 Å². The second-order valence-electron chi connectivity index (χ2n) is 5.95. The highest BCUT2D eigenvalue weighted by atomic mass is 32.2. The van der Waals surface area contributed by atoms with Gasteiger partial charge in [0.1, 0.15) is 5.75 Å². The van der Waals surface area contributed by atoms with Crippen LogP contribution in [0.5, 0.6) is 5.75 Å². The molecule has 1 atom stereocenters. The number of benzene rings is 1. The number of aliphatic hydroxyl groups excluding tert-OH is 1. The molecular formula is C16H25NO4S. The van der Waals surface area contributed by atoms with Crippen molar-refractivity contribution in [2.45, 2.75) is 50.0 Å². The van der Waals surface area contributed by atoms with E-state index in [9.17, 15) is 13.5 Å². The molecule has 1 aliphatic rings. The zero-order valence-corrected chi connectivity index (χ0v) is 14.0. The number of ether oxygens (including phenoxy) is 1. The summed E-state index contributed by atoms with van der Waals surface area (Å²) in [6, 6.07) is 4.84. The Hall–Kier alpha value is -1.11. The largest absolute Gasteiger partial charge is 0.497 e. The van der Waals surface area contributed by atoms with E-state index in [-0.39, 0.29) is 17.4 Å². The molecule has 2 rings (SSSR count). The van der Waals surface area contributed by atoms with E-state index in [0.717, 1.165) is 25.7 Å². The van der Waals surface area contributed by atoms with Crippen molar-refractivity contribution < 1.29 is 18.3 Å². The molecule has 1 saturated carbocycles. The summed E-state index contributed by atoms with van der Waals surface area (Å²) in [4.78, 5) is 0.226. The maximum atomic E-state index is 12.4. The number of rotatable bonds is 6. The molecule has 0 spiro atoms. The van der Waals surface area contributed by atoms with Crippen molar-refractivity contribution in [3.8, 4) is 5.75 Å². The standard InChI is InChI=1S/C16H25NO4S/c1-12-10-14(21-2)8-9-16(12)22(19,20)17-11-15(18)13-6-4-3-5-7-13/h8-10,13,15,17-18H,3-7,11H2,1-2H3. The molecule has 1 aliphatic carbocycles. The predicted molar refractivity (Wildman–Crippen MR) is 85.5 cm³/mol. The van der Waals surface area contributed by atoms with E-state index in [1.165, 1.54) is 12.5 Å². The van der Waals surface area contributed by atoms with Crippen LogP contribution in [0.4, 0.5) is 0 Å². The normalized spacial score (nSPS) is 18.1. The first kappa shape index (κ1) is 17.2. The lowest BCUT2D eigenvalue weighted by atomic mass is 9.85. The monoisotopic (exact) mass is 327 g/mol. The van der Waals surface area contributed by atoms with Crippen LogP contribution in [-0.2, 0) is 10.0 Å². The van der Waals surface area contributed by atoms with Crippen molar-refractivity contribution in [3.05, 3.63) is 23.8 Å². The minimum atomic E-state index is -3.62. The SMILES string of the molecule is COc1ccc(S(=O)(=O)NCC(O)C2CCCCC2)c(C)c1. The molecule has 5 nitrogen and oxygen atoms in total. The van der Waals surface area contributed by atoms with Crippen molar-refractivity contribution in [2.24, 2.45) is 5.92 Å². The zero-order chi connectivity index (χ0) is 16.2. The lowest BCUT2D eigenvalue weighted by Gasteiger charge is -2.26. The number of sulfonamides is 1. The third kappa shape index (κ3) is 4.21. The number of methoxy groups -OCH3 is 1. The van der Waals surface area contributed by atoms with Crippen LogP contribution in [0.25, 0.3) is 0 Å². The minimum absolute atomic E-state index is 0.0679. The fraction of sp³-hybridized carbons (Fsp3) is 0.625. The molecule has 0 bridgehead atoms. The van der Waals surface area contributed by atoms with Gasteiger partial charge in [-0.25, -0.2) is 13.1 Å². The fourth-order valence-electron chi connectivity index (χ4n) is 3.01. The van der Waals surface area contributed by atoms with Crippen molar-refractivity contribution in [3.63, 3.8) is 0 Å². The number of nitrogens with one attached hydrogen (secondary N) is 1. The van der Waals surface area contributed by atoms with E-state index in [1.54, 1.807) is 26.2 Å². The topological polar surface area (TPSA) is 75.6 Å². The van der Waals surface area contributed by atoms with Gasteiger partial charge in [0.15, 0.2) is 0 Å². The second kappa shape index (κ2) is 7.44. The van der Waals surface area contributed by atoms with Gasteiger partial charge in [-0.1, -0.05) is 19.3 Å². The minimum Gasteiger partial charge on any atom is -0.497 e. The van der Waals surface area contributed by atoms with E-state index in [0.29, 0.717) is 11.3 Å². The summed E-state index contributed by atoms with van der Waals surface area (Å²) in [5.74, 6) is 0.826. The van der Waals surface area contributed by atoms with Crippen LogP contribution in [-0.4, -0.2) is 33.3 Å². The highest BCUT2D eigenvalue weighted by Crippen LogP contribution is 2.26. The molecule has 0 aliphatic heterocycles. The Labute approximate surface area is 132 Å². The van der Waals surface area contributed by atoms with Crippen LogP contribution in [0.1, 0.15) is 37.7 Å². The molecule has 6 heteroatoms. The van der Waals surface area contributed by atoms with Crippen molar-refractivity contribution in [1.82, 2.24) is 4.72 Å². The van der Waals surface area contributed by atoms with Crippen LogP contribution in [0, 0.1) is 12.8 Å². The first-order valence-electron chi connectivity index (χ1n) is 7.76. The molecular weight excluding hydrogens is 302 g/mol. The van der Waals surface area contributed by atoms with Crippen molar-refractivity contribution >= 4 is 10.0 Å². The summed E-state index contributed by atoms with van der Waals surface area (Å²) in [5.41, 5.74) is 0.624. The molecule has 0 heterocycles. The van der Waals surface area contributed by atoms with E-state index in [2.05, 4.69) is 4.72 Å². The smallest absolute Gasteiger partial charge is 0.240 e. The predicted octanol–water partition coefficient (Wildman–Crippen LogP) is 2.22. The quantitative estimate of drug-likeness (QED) is 0.840. The van der Waals surface area contributed by atoms with Crippen LogP contribution in [0.3, 0.4) is 0 Å². The van der Waals surface area contributed by atoms with Crippen LogP contribution < -0.4 is 9.46 Å². The molecule has 0 aromatic heterocycles. The Morgan fingerprint density at radius 1 is 1.32 bits per heavy atom. The molecule has 124 valence electrons. The third-order valence-electron chi connectivity index (χ3n) is 4.35. The Morgan fingerprint density at radius 2 is 2.00 bits per heavy atom. The number of hydrogen-bond acceptors (Lipinski definition) is 4. The average molecular weight is 327 g/mol. The molecule has 0 amide bonds. The fourth-order valence-corrected chi connectivity index (χ4v) is 4.28. The molecule has 0 saturated heterocycles. The maximum absolute atomic E-state index is 12.4. The number of aliphatic hydroxyl groups is 1. The Bertz CT molecular complexity index is 594. The summed E-state index contributed by atoms with van der Waals surface area (Å²) in [7, 11) is -2.07. The van der Waals surface area contributed by atoms with Gasteiger partial charge in [0.05, 0.1) is 18.1 Å². The Kier molecular flexibility index (Phi) is 5.83. The van der Waals surface area contributed by atoms with Gasteiger partial charge < -0.3 is 9.84 Å². The van der Waals surface area contributed by atoms with Crippen LogP contribution >= 0.6 is 0 Å². The van der Waals surface area contributed by atoms with Gasteiger partial charge in [-0.3, -0.25) is 0 Å². The summed E-state index contributed by atoms with van der Waals surface area (Å²) in [6.45, 7) is 1.80. The van der Waals surface area contributed by atoms with Gasteiger partial charge in [-0.2, -0.15) is 0 Å². The van der Waals surface area contributed by atoms with Gasteiger partial charge in [-0.05, 0) is 49.4 Å². The molecule has 1 unspecified atom stereocenters. The van der Waals surface area contributed by atoms with Gasteiger partial charge in [-0.15, -0.1) is 0 Å². The third-order valence-corrected chi connectivity index (χ3v) is 5.93. The molecule has 0 radical (unpaired) electrons. The lowest BCUT2D eigenvalue weighted by Crippen LogP contribution is -2.37. The maximum Gasteiger partial charge on any atom is 0.240 e. The first-order chi connectivity index (χ1) is 10.4. The molecule has 1 aromatic rings. The summed E-state index contributed by atoms with van der Waals surface area (Å²) in [5, 5.41) is 10.2. The van der Waals surface area contributed by atoms with E-state index in [1.807, 2.05) is 0 Å².